The van der Waals surface area contributed by atoms with Crippen LogP contribution in [0.4, 0.5) is 11.4 Å². The Kier molecular flexibility index (Phi) is 4.01. The molecular formula is C15H10Br2N2OS. The average molecular weight is 426 g/mol. The summed E-state index contributed by atoms with van der Waals surface area (Å²) in [7, 11) is 0. The molecule has 0 radical (unpaired) electrons. The third-order valence-corrected chi connectivity index (χ3v) is 5.13. The second kappa shape index (κ2) is 5.79. The van der Waals surface area contributed by atoms with Crippen LogP contribution in [-0.4, -0.2) is 5.91 Å². The van der Waals surface area contributed by atoms with E-state index < -0.39 is 0 Å². The zero-order valence-electron chi connectivity index (χ0n) is 10.7. The van der Waals surface area contributed by atoms with Crippen molar-refractivity contribution in [1.29, 1.82) is 0 Å². The van der Waals surface area contributed by atoms with Gasteiger partial charge in [-0.25, -0.2) is 0 Å². The van der Waals surface area contributed by atoms with Gasteiger partial charge in [-0.3, -0.25) is 4.79 Å². The highest BCUT2D eigenvalue weighted by atomic mass is 79.9. The third kappa shape index (κ3) is 2.97. The summed E-state index contributed by atoms with van der Waals surface area (Å²) >= 11 is 8.20. The molecule has 3 rings (SSSR count). The number of hydrogen-bond donors (Lipinski definition) is 2. The minimum atomic E-state index is -0.192. The monoisotopic (exact) mass is 424 g/mol. The fraction of sp³-hybridized carbons (Fsp3) is 0. The number of carbonyl (C=O) groups is 1. The Bertz CT molecular complexity index is 845. The molecule has 21 heavy (non-hydrogen) atoms. The molecule has 106 valence electrons. The molecule has 0 atom stereocenters. The summed E-state index contributed by atoms with van der Waals surface area (Å²) in [6.07, 6.45) is 0. The standard InChI is InChI=1S/C15H10Br2N2OS/c16-8-2-1-3-10(6-8)19-15(20)14-13(18)11-5-4-9(17)7-12(11)21-14/h1-7H,18H2,(H,19,20). The largest absolute Gasteiger partial charge is 0.397 e. The van der Waals surface area contributed by atoms with Crippen LogP contribution in [0.1, 0.15) is 9.67 Å². The van der Waals surface area contributed by atoms with Crippen molar-refractivity contribution < 1.29 is 4.79 Å². The molecule has 0 bridgehead atoms. The maximum atomic E-state index is 12.4. The quantitative estimate of drug-likeness (QED) is 0.588. The molecule has 0 aliphatic heterocycles. The zero-order chi connectivity index (χ0) is 15.0. The minimum Gasteiger partial charge on any atom is -0.397 e. The number of carbonyl (C=O) groups excluding carboxylic acids is 1. The van der Waals surface area contributed by atoms with Crippen molar-refractivity contribution in [1.82, 2.24) is 0 Å². The van der Waals surface area contributed by atoms with E-state index in [4.69, 9.17) is 5.73 Å². The molecule has 0 unspecified atom stereocenters. The van der Waals surface area contributed by atoms with Crippen molar-refractivity contribution >= 4 is 70.6 Å². The Morgan fingerprint density at radius 1 is 1.10 bits per heavy atom. The van der Waals surface area contributed by atoms with Crippen LogP contribution in [0.25, 0.3) is 10.1 Å². The smallest absolute Gasteiger partial charge is 0.267 e. The van der Waals surface area contributed by atoms with Crippen LogP contribution >= 0.6 is 43.2 Å². The molecule has 0 saturated carbocycles. The molecular weight excluding hydrogens is 416 g/mol. The highest BCUT2D eigenvalue weighted by molar-refractivity contribution is 9.10. The van der Waals surface area contributed by atoms with Crippen LogP contribution < -0.4 is 11.1 Å². The molecule has 0 saturated heterocycles. The number of fused-ring (bicyclic) bond motifs is 1. The fourth-order valence-electron chi connectivity index (χ4n) is 2.01. The first-order valence-corrected chi connectivity index (χ1v) is 8.49. The lowest BCUT2D eigenvalue weighted by Crippen LogP contribution is -2.11. The SMILES string of the molecule is Nc1c(C(=O)Nc2cccc(Br)c2)sc2cc(Br)ccc12. The summed E-state index contributed by atoms with van der Waals surface area (Å²) in [6.45, 7) is 0. The van der Waals surface area contributed by atoms with E-state index in [9.17, 15) is 4.79 Å². The molecule has 0 fully saturated rings. The van der Waals surface area contributed by atoms with Crippen molar-refractivity contribution in [3.8, 4) is 0 Å². The van der Waals surface area contributed by atoms with Gasteiger partial charge in [-0.05, 0) is 30.3 Å². The summed E-state index contributed by atoms with van der Waals surface area (Å²) in [5.74, 6) is -0.192. The van der Waals surface area contributed by atoms with E-state index in [-0.39, 0.29) is 5.91 Å². The lowest BCUT2D eigenvalue weighted by molar-refractivity contribution is 0.103. The Morgan fingerprint density at radius 3 is 2.62 bits per heavy atom. The van der Waals surface area contributed by atoms with E-state index in [1.807, 2.05) is 42.5 Å². The summed E-state index contributed by atoms with van der Waals surface area (Å²) < 4.78 is 2.87. The summed E-state index contributed by atoms with van der Waals surface area (Å²) in [4.78, 5) is 12.9. The van der Waals surface area contributed by atoms with Gasteiger partial charge < -0.3 is 11.1 Å². The van der Waals surface area contributed by atoms with Gasteiger partial charge in [0.25, 0.3) is 5.91 Å². The molecule has 0 aliphatic rings. The van der Waals surface area contributed by atoms with Crippen LogP contribution in [0.15, 0.2) is 51.4 Å². The summed E-state index contributed by atoms with van der Waals surface area (Å²) in [5, 5.41) is 3.77. The van der Waals surface area contributed by atoms with E-state index >= 15 is 0 Å². The normalized spacial score (nSPS) is 10.8. The van der Waals surface area contributed by atoms with Gasteiger partial charge in [-0.2, -0.15) is 0 Å². The Labute approximate surface area is 142 Å². The van der Waals surface area contributed by atoms with Crippen molar-refractivity contribution in [2.45, 2.75) is 0 Å². The molecule has 1 aromatic heterocycles. The number of nitrogen functional groups attached to an aromatic ring is 1. The van der Waals surface area contributed by atoms with Crippen LogP contribution in [-0.2, 0) is 0 Å². The summed E-state index contributed by atoms with van der Waals surface area (Å²) in [6, 6.07) is 13.3. The van der Waals surface area contributed by atoms with E-state index in [1.165, 1.54) is 11.3 Å². The van der Waals surface area contributed by atoms with Gasteiger partial charge in [0.1, 0.15) is 4.88 Å². The first kappa shape index (κ1) is 14.6. The highest BCUT2D eigenvalue weighted by Gasteiger charge is 2.16. The van der Waals surface area contributed by atoms with Crippen molar-refractivity contribution in [2.75, 3.05) is 11.1 Å². The molecule has 1 heterocycles. The second-order valence-corrected chi connectivity index (χ2v) is 7.33. The molecule has 3 nitrogen and oxygen atoms in total. The van der Waals surface area contributed by atoms with E-state index in [0.29, 0.717) is 10.6 Å². The molecule has 2 aromatic carbocycles. The topological polar surface area (TPSA) is 55.1 Å². The van der Waals surface area contributed by atoms with Gasteiger partial charge in [0.2, 0.25) is 0 Å². The minimum absolute atomic E-state index is 0.192. The number of halogens is 2. The predicted molar refractivity (Wildman–Crippen MR) is 96.0 cm³/mol. The fourth-order valence-corrected chi connectivity index (χ4v) is 3.98. The number of amides is 1. The first-order chi connectivity index (χ1) is 10.0. The number of rotatable bonds is 2. The molecule has 1 amide bonds. The lowest BCUT2D eigenvalue weighted by Gasteiger charge is -2.04. The van der Waals surface area contributed by atoms with Crippen LogP contribution in [0, 0.1) is 0 Å². The molecule has 6 heteroatoms. The number of thiophene rings is 1. The van der Waals surface area contributed by atoms with Crippen LogP contribution in [0.2, 0.25) is 0 Å². The maximum Gasteiger partial charge on any atom is 0.267 e. The van der Waals surface area contributed by atoms with Gasteiger partial charge >= 0.3 is 0 Å². The number of hydrogen-bond acceptors (Lipinski definition) is 3. The Balaban J connectivity index is 1.96. The van der Waals surface area contributed by atoms with Gasteiger partial charge in [-0.15, -0.1) is 11.3 Å². The first-order valence-electron chi connectivity index (χ1n) is 6.09. The highest BCUT2D eigenvalue weighted by Crippen LogP contribution is 2.35. The molecule has 0 spiro atoms. The third-order valence-electron chi connectivity index (χ3n) is 2.98. The van der Waals surface area contributed by atoms with E-state index in [1.54, 1.807) is 0 Å². The van der Waals surface area contributed by atoms with E-state index in [0.717, 1.165) is 24.7 Å². The van der Waals surface area contributed by atoms with Crippen LogP contribution in [0.5, 0.6) is 0 Å². The van der Waals surface area contributed by atoms with Crippen molar-refractivity contribution in [2.24, 2.45) is 0 Å². The molecule has 3 aromatic rings. The van der Waals surface area contributed by atoms with E-state index in [2.05, 4.69) is 37.2 Å². The molecule has 0 aliphatic carbocycles. The number of anilines is 2. The predicted octanol–water partition coefficient (Wildman–Crippen LogP) is 5.26. The van der Waals surface area contributed by atoms with Gasteiger partial charge in [0.05, 0.1) is 5.69 Å². The van der Waals surface area contributed by atoms with Crippen molar-refractivity contribution in [3.63, 3.8) is 0 Å². The van der Waals surface area contributed by atoms with Gasteiger partial charge in [0.15, 0.2) is 0 Å². The lowest BCUT2D eigenvalue weighted by atomic mass is 10.2. The number of benzene rings is 2. The second-order valence-electron chi connectivity index (χ2n) is 4.45. The molecule has 3 N–H and O–H groups in total. The Hall–Kier alpha value is -1.37. The zero-order valence-corrected chi connectivity index (χ0v) is 14.7. The summed E-state index contributed by atoms with van der Waals surface area (Å²) in [5.41, 5.74) is 7.35. The number of nitrogens with one attached hydrogen (secondary N) is 1. The number of nitrogens with two attached hydrogens (primary N) is 1. The Morgan fingerprint density at radius 2 is 1.86 bits per heavy atom. The van der Waals surface area contributed by atoms with Crippen molar-refractivity contribution in [3.05, 3.63) is 56.3 Å². The van der Waals surface area contributed by atoms with Gasteiger partial charge in [-0.1, -0.05) is 44.0 Å². The average Bonchev–Trinajstić information content (AvgIpc) is 2.75. The maximum absolute atomic E-state index is 12.4. The van der Waals surface area contributed by atoms with Crippen LogP contribution in [0.3, 0.4) is 0 Å². The van der Waals surface area contributed by atoms with Gasteiger partial charge in [0, 0.05) is 24.7 Å².